The number of carbonyl (C=O) groups is 1. The molecular formula is C21H18BrCl2N3O2. The van der Waals surface area contributed by atoms with Crippen LogP contribution in [0.3, 0.4) is 0 Å². The molecule has 3 aromatic rings. The van der Waals surface area contributed by atoms with Gasteiger partial charge in [0.05, 0.1) is 11.1 Å². The van der Waals surface area contributed by atoms with Crippen LogP contribution in [0.15, 0.2) is 46.9 Å². The number of halogens is 3. The molecule has 1 aliphatic rings. The van der Waals surface area contributed by atoms with Crippen molar-refractivity contribution in [2.75, 3.05) is 20.3 Å². The predicted octanol–water partition coefficient (Wildman–Crippen LogP) is 5.73. The topological polar surface area (TPSA) is 58.2 Å². The Labute approximate surface area is 187 Å². The van der Waals surface area contributed by atoms with Gasteiger partial charge in [-0.3, -0.25) is 9.89 Å². The number of carbonyl (C=O) groups excluding carboxylic acids is 1. The van der Waals surface area contributed by atoms with Gasteiger partial charge in [-0.15, -0.1) is 0 Å². The van der Waals surface area contributed by atoms with Crippen molar-refractivity contribution < 1.29 is 9.53 Å². The smallest absolute Gasteiger partial charge is 0.273 e. The van der Waals surface area contributed by atoms with Gasteiger partial charge in [0.1, 0.15) is 11.4 Å². The maximum Gasteiger partial charge on any atom is 0.273 e. The number of hydrogen-bond acceptors (Lipinski definition) is 3. The quantitative estimate of drug-likeness (QED) is 0.445. The van der Waals surface area contributed by atoms with Gasteiger partial charge >= 0.3 is 0 Å². The molecule has 2 heterocycles. The molecule has 0 fully saturated rings. The van der Waals surface area contributed by atoms with E-state index < -0.39 is 0 Å². The monoisotopic (exact) mass is 493 g/mol. The third-order valence-corrected chi connectivity index (χ3v) is 6.06. The van der Waals surface area contributed by atoms with Crippen LogP contribution < -0.4 is 0 Å². The van der Waals surface area contributed by atoms with E-state index in [0.29, 0.717) is 34.6 Å². The van der Waals surface area contributed by atoms with Crippen LogP contribution in [-0.4, -0.2) is 41.3 Å². The lowest BCUT2D eigenvalue weighted by Gasteiger charge is -2.26. The normalized spacial score (nSPS) is 15.8. The van der Waals surface area contributed by atoms with E-state index >= 15 is 0 Å². The molecule has 0 saturated carbocycles. The molecule has 2 aromatic carbocycles. The Morgan fingerprint density at radius 2 is 1.97 bits per heavy atom. The molecule has 4 rings (SSSR count). The second kappa shape index (κ2) is 8.48. The van der Waals surface area contributed by atoms with Crippen molar-refractivity contribution in [2.45, 2.75) is 12.5 Å². The van der Waals surface area contributed by atoms with Gasteiger partial charge in [-0.25, -0.2) is 0 Å². The number of hydrogen-bond donors (Lipinski definition) is 1. The Hall–Kier alpha value is -1.86. The Bertz CT molecular complexity index is 1050. The fourth-order valence-electron chi connectivity index (χ4n) is 3.68. The van der Waals surface area contributed by atoms with Gasteiger partial charge in [0.15, 0.2) is 0 Å². The average molecular weight is 495 g/mol. The maximum absolute atomic E-state index is 13.2. The number of aromatic nitrogens is 2. The summed E-state index contributed by atoms with van der Waals surface area (Å²) in [6.07, 6.45) is 0.740. The highest BCUT2D eigenvalue weighted by molar-refractivity contribution is 9.10. The molecule has 1 aromatic heterocycles. The Morgan fingerprint density at radius 1 is 1.21 bits per heavy atom. The fourth-order valence-corrected chi connectivity index (χ4v) is 4.45. The van der Waals surface area contributed by atoms with Crippen molar-refractivity contribution >= 4 is 45.0 Å². The van der Waals surface area contributed by atoms with Crippen molar-refractivity contribution in [1.29, 1.82) is 0 Å². The van der Waals surface area contributed by atoms with E-state index in [0.717, 1.165) is 27.6 Å². The van der Waals surface area contributed by atoms with E-state index in [1.54, 1.807) is 19.2 Å². The van der Waals surface area contributed by atoms with Crippen LogP contribution in [0.25, 0.3) is 11.3 Å². The Kier molecular flexibility index (Phi) is 5.97. The summed E-state index contributed by atoms with van der Waals surface area (Å²) in [5, 5.41) is 8.41. The summed E-state index contributed by atoms with van der Waals surface area (Å²) in [6.45, 7) is 1.16. The molecule has 150 valence electrons. The number of ether oxygens (including phenoxy) is 1. The second-order valence-electron chi connectivity index (χ2n) is 6.78. The molecule has 29 heavy (non-hydrogen) atoms. The highest BCUT2D eigenvalue weighted by atomic mass is 79.9. The van der Waals surface area contributed by atoms with Crippen LogP contribution in [0.4, 0.5) is 0 Å². The first-order chi connectivity index (χ1) is 14.0. The van der Waals surface area contributed by atoms with Gasteiger partial charge in [0.2, 0.25) is 0 Å². The number of benzene rings is 2. The van der Waals surface area contributed by atoms with Crippen molar-refractivity contribution in [3.05, 3.63) is 73.8 Å². The van der Waals surface area contributed by atoms with Crippen LogP contribution in [0, 0.1) is 0 Å². The average Bonchev–Trinajstić information content (AvgIpc) is 3.23. The molecule has 0 saturated heterocycles. The molecule has 0 spiro atoms. The van der Waals surface area contributed by atoms with Gasteiger partial charge in [-0.1, -0.05) is 51.3 Å². The van der Waals surface area contributed by atoms with Crippen molar-refractivity contribution in [2.24, 2.45) is 0 Å². The number of H-pyrrole nitrogens is 1. The molecule has 1 atom stereocenters. The number of amides is 1. The second-order valence-corrected chi connectivity index (χ2v) is 8.54. The SMILES string of the molecule is COCCCN1C(=O)c2[nH]nc(-c3ccc(Cl)cc3Cl)c2C1c1ccc(Br)cc1. The van der Waals surface area contributed by atoms with Crippen molar-refractivity contribution in [3.8, 4) is 11.3 Å². The Morgan fingerprint density at radius 3 is 2.66 bits per heavy atom. The summed E-state index contributed by atoms with van der Waals surface area (Å²) in [5.41, 5.74) is 3.74. The van der Waals surface area contributed by atoms with Crippen LogP contribution >= 0.6 is 39.1 Å². The molecular weight excluding hydrogens is 477 g/mol. The highest BCUT2D eigenvalue weighted by Gasteiger charge is 2.42. The van der Waals surface area contributed by atoms with Crippen LogP contribution in [0.1, 0.15) is 34.1 Å². The minimum Gasteiger partial charge on any atom is -0.385 e. The van der Waals surface area contributed by atoms with E-state index in [4.69, 9.17) is 27.9 Å². The van der Waals surface area contributed by atoms with E-state index in [9.17, 15) is 4.79 Å². The molecule has 0 bridgehead atoms. The first kappa shape index (κ1) is 20.4. The fraction of sp³-hybridized carbons (Fsp3) is 0.238. The van der Waals surface area contributed by atoms with Crippen molar-refractivity contribution in [1.82, 2.24) is 15.1 Å². The number of nitrogens with one attached hydrogen (secondary N) is 1. The third-order valence-electron chi connectivity index (χ3n) is 4.98. The van der Waals surface area contributed by atoms with Gasteiger partial charge in [0, 0.05) is 40.9 Å². The van der Waals surface area contributed by atoms with E-state index in [2.05, 4.69) is 26.1 Å². The van der Waals surface area contributed by atoms with Gasteiger partial charge in [0.25, 0.3) is 5.91 Å². The third kappa shape index (κ3) is 3.82. The first-order valence-corrected chi connectivity index (χ1v) is 10.6. The summed E-state index contributed by atoms with van der Waals surface area (Å²) < 4.78 is 6.15. The number of rotatable bonds is 6. The summed E-state index contributed by atoms with van der Waals surface area (Å²) >= 11 is 16.0. The summed E-state index contributed by atoms with van der Waals surface area (Å²) in [4.78, 5) is 15.0. The molecule has 1 N–H and O–H groups in total. The zero-order valence-corrected chi connectivity index (χ0v) is 18.7. The van der Waals surface area contributed by atoms with Gasteiger partial charge < -0.3 is 9.64 Å². The largest absolute Gasteiger partial charge is 0.385 e. The molecule has 8 heteroatoms. The zero-order valence-electron chi connectivity index (χ0n) is 15.6. The molecule has 5 nitrogen and oxygen atoms in total. The Balaban J connectivity index is 1.83. The van der Waals surface area contributed by atoms with Gasteiger partial charge in [-0.05, 0) is 42.3 Å². The molecule has 0 radical (unpaired) electrons. The maximum atomic E-state index is 13.2. The highest BCUT2D eigenvalue weighted by Crippen LogP contribution is 2.44. The summed E-state index contributed by atoms with van der Waals surface area (Å²) in [6, 6.07) is 13.0. The first-order valence-electron chi connectivity index (χ1n) is 9.10. The predicted molar refractivity (Wildman–Crippen MR) is 118 cm³/mol. The lowest BCUT2D eigenvalue weighted by Crippen LogP contribution is -2.31. The lowest BCUT2D eigenvalue weighted by atomic mass is 9.96. The summed E-state index contributed by atoms with van der Waals surface area (Å²) in [7, 11) is 1.66. The molecule has 1 unspecified atom stereocenters. The minimum atomic E-state index is -0.261. The summed E-state index contributed by atoms with van der Waals surface area (Å²) in [5.74, 6) is -0.0761. The lowest BCUT2D eigenvalue weighted by molar-refractivity contribution is 0.0723. The standard InChI is InChI=1S/C21H18BrCl2N3O2/c1-29-10-2-9-27-20(12-3-5-13(22)6-4-12)17-18(25-26-19(17)21(27)28)15-8-7-14(23)11-16(15)24/h3-8,11,20H,2,9-10H2,1H3,(H,25,26). The van der Waals surface area contributed by atoms with E-state index in [-0.39, 0.29) is 11.9 Å². The van der Waals surface area contributed by atoms with E-state index in [1.165, 1.54) is 0 Å². The van der Waals surface area contributed by atoms with E-state index in [1.807, 2.05) is 35.2 Å². The van der Waals surface area contributed by atoms with Crippen molar-refractivity contribution in [3.63, 3.8) is 0 Å². The number of nitrogens with zero attached hydrogens (tertiary/aromatic N) is 2. The number of methoxy groups -OCH3 is 1. The number of aromatic amines is 1. The zero-order chi connectivity index (χ0) is 20.5. The van der Waals surface area contributed by atoms with Crippen LogP contribution in [0.2, 0.25) is 10.0 Å². The molecule has 1 aliphatic heterocycles. The molecule has 0 aliphatic carbocycles. The van der Waals surface area contributed by atoms with Gasteiger partial charge in [-0.2, -0.15) is 5.10 Å². The van der Waals surface area contributed by atoms with Crippen LogP contribution in [-0.2, 0) is 4.74 Å². The molecule has 1 amide bonds. The van der Waals surface area contributed by atoms with Crippen LogP contribution in [0.5, 0.6) is 0 Å². The minimum absolute atomic E-state index is 0.0761. The number of fused-ring (bicyclic) bond motifs is 1.